The maximum Gasteiger partial charge on any atom is 0.417 e. The average Bonchev–Trinajstić information content (AvgIpc) is 2.02. The minimum Gasteiger partial charge on any atom is -0.481 e. The molecule has 0 aliphatic carbocycles. The van der Waals surface area contributed by atoms with E-state index in [0.717, 1.165) is 6.07 Å². The average molecular weight is 187 g/mol. The van der Waals surface area contributed by atoms with Crippen LogP contribution in [0.1, 0.15) is 5.56 Å². The van der Waals surface area contributed by atoms with E-state index in [4.69, 9.17) is 7.85 Å². The number of aromatic nitrogens is 1. The predicted octanol–water partition coefficient (Wildman–Crippen LogP) is 0.903. The van der Waals surface area contributed by atoms with E-state index in [2.05, 4.69) is 9.72 Å². The Labute approximate surface area is 74.1 Å². The molecule has 1 rings (SSSR count). The van der Waals surface area contributed by atoms with Gasteiger partial charge in [0.1, 0.15) is 7.85 Å². The van der Waals surface area contributed by atoms with Crippen LogP contribution in [0, 0.1) is 0 Å². The van der Waals surface area contributed by atoms with Gasteiger partial charge >= 0.3 is 6.18 Å². The smallest absolute Gasteiger partial charge is 0.417 e. The second-order valence-corrected chi connectivity index (χ2v) is 2.32. The summed E-state index contributed by atoms with van der Waals surface area (Å²) in [5, 5.41) is 0. The summed E-state index contributed by atoms with van der Waals surface area (Å²) in [4.78, 5) is 3.40. The van der Waals surface area contributed by atoms with Crippen molar-refractivity contribution in [2.75, 3.05) is 7.11 Å². The third-order valence-corrected chi connectivity index (χ3v) is 1.40. The van der Waals surface area contributed by atoms with E-state index in [1.54, 1.807) is 0 Å². The first-order valence-corrected chi connectivity index (χ1v) is 3.32. The molecule has 0 unspecified atom stereocenters. The normalized spacial score (nSPS) is 11.4. The molecule has 0 aliphatic rings. The molecule has 1 heterocycles. The largest absolute Gasteiger partial charge is 0.481 e. The van der Waals surface area contributed by atoms with E-state index >= 15 is 0 Å². The van der Waals surface area contributed by atoms with Gasteiger partial charge in [-0.1, -0.05) is 6.07 Å². The summed E-state index contributed by atoms with van der Waals surface area (Å²) >= 11 is 0. The predicted molar refractivity (Wildman–Crippen MR) is 41.2 cm³/mol. The van der Waals surface area contributed by atoms with Crippen molar-refractivity contribution in [3.05, 3.63) is 17.8 Å². The van der Waals surface area contributed by atoms with E-state index in [1.807, 2.05) is 0 Å². The van der Waals surface area contributed by atoms with Crippen LogP contribution in [0.15, 0.2) is 12.3 Å². The molecular formula is C7H5BF3NO. The van der Waals surface area contributed by atoms with Crippen LogP contribution in [0.5, 0.6) is 5.88 Å². The highest BCUT2D eigenvalue weighted by molar-refractivity contribution is 6.34. The zero-order valence-corrected chi connectivity index (χ0v) is 6.72. The molecule has 68 valence electrons. The SMILES string of the molecule is [B]c1cc(C(F)(F)F)cnc1OC. The molecular weight excluding hydrogens is 182 g/mol. The fourth-order valence-electron chi connectivity index (χ4n) is 0.795. The minimum absolute atomic E-state index is 0.00648. The van der Waals surface area contributed by atoms with Gasteiger partial charge in [-0.05, 0) is 5.46 Å². The topological polar surface area (TPSA) is 22.1 Å². The Morgan fingerprint density at radius 3 is 2.46 bits per heavy atom. The van der Waals surface area contributed by atoms with Gasteiger partial charge in [0.25, 0.3) is 0 Å². The van der Waals surface area contributed by atoms with Crippen LogP contribution in [0.2, 0.25) is 0 Å². The first-order valence-electron chi connectivity index (χ1n) is 3.32. The number of pyridine rings is 1. The Morgan fingerprint density at radius 1 is 1.46 bits per heavy atom. The van der Waals surface area contributed by atoms with Gasteiger partial charge < -0.3 is 4.74 Å². The fourth-order valence-corrected chi connectivity index (χ4v) is 0.795. The number of ether oxygens (including phenoxy) is 1. The zero-order valence-electron chi connectivity index (χ0n) is 6.72. The quantitative estimate of drug-likeness (QED) is 0.609. The molecule has 2 nitrogen and oxygen atoms in total. The minimum atomic E-state index is -4.42. The molecule has 1 aromatic rings. The van der Waals surface area contributed by atoms with E-state index in [9.17, 15) is 13.2 Å². The lowest BCUT2D eigenvalue weighted by molar-refractivity contribution is -0.137. The number of nitrogens with zero attached hydrogens (tertiary/aromatic N) is 1. The van der Waals surface area contributed by atoms with Crippen LogP contribution >= 0.6 is 0 Å². The van der Waals surface area contributed by atoms with E-state index in [1.165, 1.54) is 7.11 Å². The first-order chi connectivity index (χ1) is 5.95. The second kappa shape index (κ2) is 3.28. The number of rotatable bonds is 1. The lowest BCUT2D eigenvalue weighted by Gasteiger charge is -2.08. The van der Waals surface area contributed by atoms with Crippen molar-refractivity contribution in [3.63, 3.8) is 0 Å². The molecule has 0 atom stereocenters. The molecule has 0 amide bonds. The Morgan fingerprint density at radius 2 is 2.08 bits per heavy atom. The fraction of sp³-hybridized carbons (Fsp3) is 0.286. The van der Waals surface area contributed by atoms with Gasteiger partial charge in [0.05, 0.1) is 12.7 Å². The van der Waals surface area contributed by atoms with Crippen LogP contribution in [-0.4, -0.2) is 19.9 Å². The maximum absolute atomic E-state index is 12.1. The van der Waals surface area contributed by atoms with Crippen molar-refractivity contribution in [3.8, 4) is 5.88 Å². The lowest BCUT2D eigenvalue weighted by atomic mass is 9.96. The number of halogens is 3. The van der Waals surface area contributed by atoms with Crippen LogP contribution in [-0.2, 0) is 6.18 Å². The summed E-state index contributed by atoms with van der Waals surface area (Å²) < 4.78 is 40.8. The van der Waals surface area contributed by atoms with Crippen LogP contribution in [0.3, 0.4) is 0 Å². The first kappa shape index (κ1) is 9.89. The van der Waals surface area contributed by atoms with Gasteiger partial charge in [-0.15, -0.1) is 0 Å². The van der Waals surface area contributed by atoms with Crippen molar-refractivity contribution in [2.24, 2.45) is 0 Å². The van der Waals surface area contributed by atoms with Gasteiger partial charge in [0.2, 0.25) is 5.88 Å². The van der Waals surface area contributed by atoms with Crippen molar-refractivity contribution in [1.29, 1.82) is 0 Å². The van der Waals surface area contributed by atoms with Crippen LogP contribution in [0.4, 0.5) is 13.2 Å². The number of methoxy groups -OCH3 is 1. The second-order valence-electron chi connectivity index (χ2n) is 2.32. The van der Waals surface area contributed by atoms with Gasteiger partial charge in [-0.25, -0.2) is 4.98 Å². The van der Waals surface area contributed by atoms with Crippen molar-refractivity contribution in [2.45, 2.75) is 6.18 Å². The highest BCUT2D eigenvalue weighted by Gasteiger charge is 2.31. The zero-order chi connectivity index (χ0) is 10.1. The monoisotopic (exact) mass is 187 g/mol. The van der Waals surface area contributed by atoms with Gasteiger partial charge in [-0.3, -0.25) is 0 Å². The molecule has 0 spiro atoms. The van der Waals surface area contributed by atoms with Gasteiger partial charge in [0.15, 0.2) is 0 Å². The summed E-state index contributed by atoms with van der Waals surface area (Å²) in [7, 11) is 6.52. The summed E-state index contributed by atoms with van der Waals surface area (Å²) in [6.07, 6.45) is -3.75. The summed E-state index contributed by atoms with van der Waals surface area (Å²) in [6, 6.07) is 0.784. The molecule has 0 saturated carbocycles. The van der Waals surface area contributed by atoms with E-state index in [-0.39, 0.29) is 11.3 Å². The standard InChI is InChI=1S/C7H5BF3NO/c1-13-6-5(8)2-4(3-12-6)7(9,10)11/h2-3H,1H3. The van der Waals surface area contributed by atoms with Crippen LogP contribution in [0.25, 0.3) is 0 Å². The molecule has 2 radical (unpaired) electrons. The highest BCUT2D eigenvalue weighted by atomic mass is 19.4. The Bertz CT molecular complexity index is 313. The molecule has 1 aromatic heterocycles. The molecule has 0 bridgehead atoms. The Hall–Kier alpha value is -1.20. The highest BCUT2D eigenvalue weighted by Crippen LogP contribution is 2.28. The molecule has 0 N–H and O–H groups in total. The molecule has 6 heteroatoms. The van der Waals surface area contributed by atoms with Crippen molar-refractivity contribution in [1.82, 2.24) is 4.98 Å². The van der Waals surface area contributed by atoms with Gasteiger partial charge in [-0.2, -0.15) is 13.2 Å². The maximum atomic E-state index is 12.1. The lowest BCUT2D eigenvalue weighted by Crippen LogP contribution is -2.15. The van der Waals surface area contributed by atoms with E-state index in [0.29, 0.717) is 6.20 Å². The summed E-state index contributed by atoms with van der Waals surface area (Å²) in [5.74, 6) is -0.00648. The summed E-state index contributed by atoms with van der Waals surface area (Å²) in [6.45, 7) is 0. The van der Waals surface area contributed by atoms with Crippen molar-refractivity contribution >= 4 is 13.3 Å². The number of alkyl halides is 3. The van der Waals surface area contributed by atoms with E-state index < -0.39 is 11.7 Å². The molecule has 0 aliphatic heterocycles. The third-order valence-electron chi connectivity index (χ3n) is 1.40. The number of hydrogen-bond donors (Lipinski definition) is 0. The van der Waals surface area contributed by atoms with Gasteiger partial charge in [0, 0.05) is 6.20 Å². The van der Waals surface area contributed by atoms with Crippen LogP contribution < -0.4 is 10.2 Å². The molecule has 0 fully saturated rings. The Balaban J connectivity index is 3.10. The molecule has 0 aromatic carbocycles. The molecule has 13 heavy (non-hydrogen) atoms. The summed E-state index contributed by atoms with van der Waals surface area (Å²) in [5.41, 5.74) is -1.01. The van der Waals surface area contributed by atoms with Crippen molar-refractivity contribution < 1.29 is 17.9 Å². The Kier molecular flexibility index (Phi) is 2.49. The number of hydrogen-bond acceptors (Lipinski definition) is 2. The molecule has 0 saturated heterocycles. The third kappa shape index (κ3) is 2.14.